The predicted octanol–water partition coefficient (Wildman–Crippen LogP) is 3.65. The normalized spacial score (nSPS) is 19.4. The lowest BCUT2D eigenvalue weighted by Gasteiger charge is -2.23. The Balaban J connectivity index is 2.06. The molecule has 0 aromatic heterocycles. The molecule has 0 saturated heterocycles. The summed E-state index contributed by atoms with van der Waals surface area (Å²) in [6.45, 7) is 4.16. The molecule has 0 aliphatic heterocycles. The van der Waals surface area contributed by atoms with Gasteiger partial charge in [0.05, 0.1) is 5.60 Å². The fourth-order valence-electron chi connectivity index (χ4n) is 2.27. The number of aryl methyl sites for hydroxylation is 1. The average molecular weight is 218 g/mol. The van der Waals surface area contributed by atoms with Crippen LogP contribution in [0.2, 0.25) is 0 Å². The van der Waals surface area contributed by atoms with Crippen LogP contribution in [0.5, 0.6) is 0 Å². The van der Waals surface area contributed by atoms with Gasteiger partial charge < -0.3 is 5.11 Å². The molecule has 0 radical (unpaired) electrons. The molecule has 1 aliphatic rings. The van der Waals surface area contributed by atoms with Crippen LogP contribution in [0.25, 0.3) is 0 Å². The maximum Gasteiger partial charge on any atom is 0.0896 e. The van der Waals surface area contributed by atoms with Crippen LogP contribution in [-0.2, 0) is 12.0 Å². The van der Waals surface area contributed by atoms with Gasteiger partial charge >= 0.3 is 0 Å². The molecule has 88 valence electrons. The van der Waals surface area contributed by atoms with Crippen molar-refractivity contribution in [3.05, 3.63) is 35.4 Å². The van der Waals surface area contributed by atoms with E-state index >= 15 is 0 Å². The smallest absolute Gasteiger partial charge is 0.0896 e. The summed E-state index contributed by atoms with van der Waals surface area (Å²) in [5.41, 5.74) is 1.86. The molecule has 0 heterocycles. The zero-order chi connectivity index (χ0) is 11.6. The Morgan fingerprint density at radius 3 is 2.38 bits per heavy atom. The molecule has 1 heteroatoms. The van der Waals surface area contributed by atoms with Crippen LogP contribution < -0.4 is 0 Å². The molecule has 1 N–H and O–H groups in total. The van der Waals surface area contributed by atoms with Crippen LogP contribution in [-0.4, -0.2) is 5.11 Å². The van der Waals surface area contributed by atoms with Gasteiger partial charge in [-0.05, 0) is 49.7 Å². The molecule has 0 amide bonds. The van der Waals surface area contributed by atoms with Crippen molar-refractivity contribution in [2.24, 2.45) is 5.92 Å². The molecule has 1 saturated carbocycles. The van der Waals surface area contributed by atoms with Crippen molar-refractivity contribution in [1.29, 1.82) is 0 Å². The third-order valence-electron chi connectivity index (χ3n) is 3.73. The lowest BCUT2D eigenvalue weighted by molar-refractivity contribution is 0.0331. The minimum Gasteiger partial charge on any atom is -0.385 e. The Bertz CT molecular complexity index is 333. The predicted molar refractivity (Wildman–Crippen MR) is 67.3 cm³/mol. The van der Waals surface area contributed by atoms with Gasteiger partial charge in [-0.1, -0.05) is 37.6 Å². The van der Waals surface area contributed by atoms with Crippen molar-refractivity contribution in [1.82, 2.24) is 0 Å². The highest BCUT2D eigenvalue weighted by Crippen LogP contribution is 2.45. The van der Waals surface area contributed by atoms with E-state index in [1.807, 2.05) is 6.92 Å². The molecule has 1 aromatic rings. The standard InChI is InChI=1S/C15H22O/c1-3-4-5-12-6-8-13(9-7-12)15(2,16)14-10-11-14/h6-9,14,16H,3-5,10-11H2,1-2H3/t15-/m0/s1. The molecule has 1 atom stereocenters. The Morgan fingerprint density at radius 2 is 1.88 bits per heavy atom. The van der Waals surface area contributed by atoms with Crippen molar-refractivity contribution in [2.75, 3.05) is 0 Å². The summed E-state index contributed by atoms with van der Waals surface area (Å²) in [4.78, 5) is 0. The summed E-state index contributed by atoms with van der Waals surface area (Å²) in [6, 6.07) is 8.54. The maximum absolute atomic E-state index is 10.4. The molecule has 1 fully saturated rings. The lowest BCUT2D eigenvalue weighted by atomic mass is 9.90. The summed E-state index contributed by atoms with van der Waals surface area (Å²) in [7, 11) is 0. The van der Waals surface area contributed by atoms with Gasteiger partial charge in [-0.2, -0.15) is 0 Å². The molecule has 0 spiro atoms. The average Bonchev–Trinajstić information content (AvgIpc) is 3.11. The number of benzene rings is 1. The Hall–Kier alpha value is -0.820. The quantitative estimate of drug-likeness (QED) is 0.800. The lowest BCUT2D eigenvalue weighted by Crippen LogP contribution is -2.23. The second kappa shape index (κ2) is 4.58. The third-order valence-corrected chi connectivity index (χ3v) is 3.73. The van der Waals surface area contributed by atoms with Crippen molar-refractivity contribution in [3.63, 3.8) is 0 Å². The van der Waals surface area contributed by atoms with Crippen molar-refractivity contribution < 1.29 is 5.11 Å². The van der Waals surface area contributed by atoms with E-state index in [9.17, 15) is 5.11 Å². The van der Waals surface area contributed by atoms with E-state index in [2.05, 4.69) is 31.2 Å². The highest BCUT2D eigenvalue weighted by Gasteiger charge is 2.40. The van der Waals surface area contributed by atoms with Gasteiger partial charge in [-0.15, -0.1) is 0 Å². The highest BCUT2D eigenvalue weighted by molar-refractivity contribution is 5.28. The van der Waals surface area contributed by atoms with E-state index in [-0.39, 0.29) is 0 Å². The van der Waals surface area contributed by atoms with E-state index in [0.29, 0.717) is 5.92 Å². The van der Waals surface area contributed by atoms with Crippen molar-refractivity contribution in [3.8, 4) is 0 Å². The van der Waals surface area contributed by atoms with Gasteiger partial charge in [0.1, 0.15) is 0 Å². The van der Waals surface area contributed by atoms with Crippen molar-refractivity contribution >= 4 is 0 Å². The van der Waals surface area contributed by atoms with Crippen LogP contribution in [0.4, 0.5) is 0 Å². The summed E-state index contributed by atoms with van der Waals surface area (Å²) in [6.07, 6.45) is 5.98. The molecule has 0 bridgehead atoms. The first-order chi connectivity index (χ1) is 7.64. The van der Waals surface area contributed by atoms with Gasteiger partial charge in [0.15, 0.2) is 0 Å². The van der Waals surface area contributed by atoms with Crippen LogP contribution in [0, 0.1) is 5.92 Å². The van der Waals surface area contributed by atoms with Crippen LogP contribution in [0.3, 0.4) is 0 Å². The highest BCUT2D eigenvalue weighted by atomic mass is 16.3. The van der Waals surface area contributed by atoms with E-state index in [4.69, 9.17) is 0 Å². The Kier molecular flexibility index (Phi) is 3.34. The molecule has 2 rings (SSSR count). The Morgan fingerprint density at radius 1 is 1.25 bits per heavy atom. The molecule has 16 heavy (non-hydrogen) atoms. The van der Waals surface area contributed by atoms with E-state index in [1.54, 1.807) is 0 Å². The van der Waals surface area contributed by atoms with Crippen molar-refractivity contribution in [2.45, 2.75) is 51.6 Å². The minimum atomic E-state index is -0.608. The zero-order valence-corrected chi connectivity index (χ0v) is 10.4. The number of rotatable bonds is 5. The van der Waals surface area contributed by atoms with E-state index < -0.39 is 5.60 Å². The maximum atomic E-state index is 10.4. The minimum absolute atomic E-state index is 0.481. The molecule has 1 aliphatic carbocycles. The zero-order valence-electron chi connectivity index (χ0n) is 10.4. The van der Waals surface area contributed by atoms with Crippen LogP contribution in [0.15, 0.2) is 24.3 Å². The first-order valence-corrected chi connectivity index (χ1v) is 6.46. The SMILES string of the molecule is CCCCc1ccc([C@](C)(O)C2CC2)cc1. The number of aliphatic hydroxyl groups is 1. The molecular weight excluding hydrogens is 196 g/mol. The summed E-state index contributed by atoms with van der Waals surface area (Å²) < 4.78 is 0. The second-order valence-electron chi connectivity index (χ2n) is 5.22. The van der Waals surface area contributed by atoms with Gasteiger partial charge in [-0.3, -0.25) is 0 Å². The topological polar surface area (TPSA) is 20.2 Å². The second-order valence-corrected chi connectivity index (χ2v) is 5.22. The van der Waals surface area contributed by atoms with Crippen LogP contribution in [0.1, 0.15) is 50.7 Å². The van der Waals surface area contributed by atoms with Gasteiger partial charge in [0.25, 0.3) is 0 Å². The monoisotopic (exact) mass is 218 g/mol. The number of hydrogen-bond acceptors (Lipinski definition) is 1. The number of unbranched alkanes of at least 4 members (excludes halogenated alkanes) is 1. The Labute approximate surface area is 98.5 Å². The fraction of sp³-hybridized carbons (Fsp3) is 0.600. The molecule has 0 unspecified atom stereocenters. The summed E-state index contributed by atoms with van der Waals surface area (Å²) >= 11 is 0. The first-order valence-electron chi connectivity index (χ1n) is 6.46. The molecule has 1 nitrogen and oxygen atoms in total. The summed E-state index contributed by atoms with van der Waals surface area (Å²) in [5, 5.41) is 10.4. The van der Waals surface area contributed by atoms with Crippen LogP contribution >= 0.6 is 0 Å². The van der Waals surface area contributed by atoms with Gasteiger partial charge in [0.2, 0.25) is 0 Å². The molecular formula is C15H22O. The van der Waals surface area contributed by atoms with Gasteiger partial charge in [-0.25, -0.2) is 0 Å². The molecule has 1 aromatic carbocycles. The summed E-state index contributed by atoms with van der Waals surface area (Å²) in [5.74, 6) is 0.481. The number of hydrogen-bond donors (Lipinski definition) is 1. The van der Waals surface area contributed by atoms with E-state index in [1.165, 1.54) is 31.2 Å². The largest absolute Gasteiger partial charge is 0.385 e. The van der Waals surface area contributed by atoms with Gasteiger partial charge in [0, 0.05) is 0 Å². The van der Waals surface area contributed by atoms with E-state index in [0.717, 1.165) is 12.0 Å². The fourth-order valence-corrected chi connectivity index (χ4v) is 2.27. The first kappa shape index (κ1) is 11.7. The third kappa shape index (κ3) is 2.46.